The maximum Gasteiger partial charge on any atom is 0.0909 e. The maximum atomic E-state index is 10.7. The lowest BCUT2D eigenvalue weighted by Gasteiger charge is -2.30. The number of likely N-dealkylation sites (tertiary alicyclic amines) is 1. The van der Waals surface area contributed by atoms with Crippen LogP contribution in [0.25, 0.3) is 0 Å². The summed E-state index contributed by atoms with van der Waals surface area (Å²) < 4.78 is 1.02. The van der Waals surface area contributed by atoms with Gasteiger partial charge in [0.2, 0.25) is 0 Å². The topological polar surface area (TPSA) is 23.5 Å². The first-order chi connectivity index (χ1) is 7.50. The molecule has 1 aromatic rings. The van der Waals surface area contributed by atoms with Gasteiger partial charge in [-0.05, 0) is 44.6 Å². The minimum absolute atomic E-state index is 0.326. The molecule has 1 aliphatic rings. The van der Waals surface area contributed by atoms with Gasteiger partial charge in [0.15, 0.2) is 0 Å². The summed E-state index contributed by atoms with van der Waals surface area (Å²) in [6.45, 7) is 3.98. The average Bonchev–Trinajstić information content (AvgIpc) is 2.65. The molecule has 1 aromatic carbocycles. The van der Waals surface area contributed by atoms with Crippen LogP contribution in [0.1, 0.15) is 18.9 Å². The van der Waals surface area contributed by atoms with Gasteiger partial charge in [0.1, 0.15) is 0 Å². The van der Waals surface area contributed by atoms with Crippen LogP contribution in [0.3, 0.4) is 0 Å². The van der Waals surface area contributed by atoms with Crippen LogP contribution < -0.4 is 0 Å². The Morgan fingerprint density at radius 1 is 1.50 bits per heavy atom. The molecule has 0 saturated carbocycles. The Hall–Kier alpha value is -0.380. The Balaban J connectivity index is 2.24. The number of rotatable bonds is 2. The Bertz CT molecular complexity index is 378. The van der Waals surface area contributed by atoms with Crippen molar-refractivity contribution in [2.45, 2.75) is 18.9 Å². The van der Waals surface area contributed by atoms with E-state index in [0.717, 1.165) is 29.5 Å². The SMILES string of the molecule is CN1CCC(C(C)(O)c2cccc(Br)c2)C1. The summed E-state index contributed by atoms with van der Waals surface area (Å²) in [5.74, 6) is 0.326. The number of hydrogen-bond donors (Lipinski definition) is 1. The summed E-state index contributed by atoms with van der Waals surface area (Å²) in [4.78, 5) is 2.27. The second kappa shape index (κ2) is 4.47. The van der Waals surface area contributed by atoms with Crippen LogP contribution in [-0.4, -0.2) is 30.1 Å². The van der Waals surface area contributed by atoms with Gasteiger partial charge in [-0.2, -0.15) is 0 Å². The van der Waals surface area contributed by atoms with Gasteiger partial charge in [-0.25, -0.2) is 0 Å². The highest BCUT2D eigenvalue weighted by atomic mass is 79.9. The molecule has 16 heavy (non-hydrogen) atoms. The molecule has 1 N–H and O–H groups in total. The van der Waals surface area contributed by atoms with E-state index in [-0.39, 0.29) is 0 Å². The molecule has 2 atom stereocenters. The van der Waals surface area contributed by atoms with Crippen molar-refractivity contribution >= 4 is 15.9 Å². The highest BCUT2D eigenvalue weighted by Crippen LogP contribution is 2.35. The lowest BCUT2D eigenvalue weighted by molar-refractivity contribution is -0.00125. The van der Waals surface area contributed by atoms with E-state index in [4.69, 9.17) is 0 Å². The van der Waals surface area contributed by atoms with Crippen LogP contribution in [0.5, 0.6) is 0 Å². The molecule has 1 fully saturated rings. The lowest BCUT2D eigenvalue weighted by Crippen LogP contribution is -2.33. The highest BCUT2D eigenvalue weighted by Gasteiger charge is 2.37. The normalized spacial score (nSPS) is 25.6. The smallest absolute Gasteiger partial charge is 0.0909 e. The average molecular weight is 284 g/mol. The van der Waals surface area contributed by atoms with Gasteiger partial charge in [0, 0.05) is 16.9 Å². The van der Waals surface area contributed by atoms with Crippen molar-refractivity contribution in [2.24, 2.45) is 5.92 Å². The number of nitrogens with zero attached hydrogens (tertiary/aromatic N) is 1. The Kier molecular flexibility index (Phi) is 3.38. The quantitative estimate of drug-likeness (QED) is 0.902. The summed E-state index contributed by atoms with van der Waals surface area (Å²) in [7, 11) is 2.11. The molecule has 3 heteroatoms. The molecule has 0 aromatic heterocycles. The van der Waals surface area contributed by atoms with Gasteiger partial charge in [0.05, 0.1) is 5.60 Å². The summed E-state index contributed by atoms with van der Waals surface area (Å²) in [6, 6.07) is 7.98. The Morgan fingerprint density at radius 2 is 2.25 bits per heavy atom. The third-order valence-electron chi connectivity index (χ3n) is 3.60. The molecule has 0 bridgehead atoms. The molecule has 0 spiro atoms. The molecule has 1 aliphatic heterocycles. The standard InChI is InChI=1S/C13H18BrNO/c1-13(16,11-6-7-15(2)9-11)10-4-3-5-12(14)8-10/h3-5,8,11,16H,6-7,9H2,1-2H3. The zero-order valence-electron chi connectivity index (χ0n) is 9.78. The molecule has 0 amide bonds. The fourth-order valence-electron chi connectivity index (χ4n) is 2.43. The van der Waals surface area contributed by atoms with Crippen LogP contribution in [0.4, 0.5) is 0 Å². The summed E-state index contributed by atoms with van der Waals surface area (Å²) in [5.41, 5.74) is 0.274. The molecule has 0 aliphatic carbocycles. The van der Waals surface area contributed by atoms with Crippen LogP contribution in [-0.2, 0) is 5.60 Å². The molecule has 2 nitrogen and oxygen atoms in total. The third kappa shape index (κ3) is 2.31. The van der Waals surface area contributed by atoms with Crippen molar-refractivity contribution < 1.29 is 5.11 Å². The Labute approximate surface area is 105 Å². The van der Waals surface area contributed by atoms with E-state index in [9.17, 15) is 5.11 Å². The van der Waals surface area contributed by atoms with E-state index in [2.05, 4.69) is 27.9 Å². The summed E-state index contributed by atoms with van der Waals surface area (Å²) in [6.07, 6.45) is 1.07. The van der Waals surface area contributed by atoms with Crippen molar-refractivity contribution in [3.63, 3.8) is 0 Å². The molecular formula is C13H18BrNO. The minimum Gasteiger partial charge on any atom is -0.385 e. The third-order valence-corrected chi connectivity index (χ3v) is 4.09. The van der Waals surface area contributed by atoms with E-state index in [0.29, 0.717) is 5.92 Å². The molecule has 1 saturated heterocycles. The fourth-order valence-corrected chi connectivity index (χ4v) is 2.83. The van der Waals surface area contributed by atoms with E-state index in [1.807, 2.05) is 31.2 Å². The van der Waals surface area contributed by atoms with Crippen LogP contribution in [0, 0.1) is 5.92 Å². The summed E-state index contributed by atoms with van der Waals surface area (Å²) in [5, 5.41) is 10.7. The van der Waals surface area contributed by atoms with Crippen LogP contribution in [0.15, 0.2) is 28.7 Å². The summed E-state index contributed by atoms with van der Waals surface area (Å²) >= 11 is 3.45. The van der Waals surface area contributed by atoms with Gasteiger partial charge in [-0.3, -0.25) is 0 Å². The van der Waals surface area contributed by atoms with Gasteiger partial charge in [-0.1, -0.05) is 28.1 Å². The number of hydrogen-bond acceptors (Lipinski definition) is 2. The van der Waals surface area contributed by atoms with E-state index in [1.54, 1.807) is 0 Å². The molecular weight excluding hydrogens is 266 g/mol. The lowest BCUT2D eigenvalue weighted by atomic mass is 9.82. The Morgan fingerprint density at radius 3 is 2.81 bits per heavy atom. The molecule has 0 radical (unpaired) electrons. The predicted molar refractivity (Wildman–Crippen MR) is 69.3 cm³/mol. The van der Waals surface area contributed by atoms with E-state index in [1.165, 1.54) is 0 Å². The van der Waals surface area contributed by atoms with Crippen molar-refractivity contribution in [3.8, 4) is 0 Å². The largest absolute Gasteiger partial charge is 0.385 e. The molecule has 88 valence electrons. The second-order valence-corrected chi connectivity index (χ2v) is 5.82. The van der Waals surface area contributed by atoms with Crippen molar-refractivity contribution in [1.29, 1.82) is 0 Å². The van der Waals surface area contributed by atoms with Gasteiger partial charge >= 0.3 is 0 Å². The van der Waals surface area contributed by atoms with Crippen molar-refractivity contribution in [2.75, 3.05) is 20.1 Å². The number of aliphatic hydroxyl groups is 1. The monoisotopic (exact) mass is 283 g/mol. The highest BCUT2D eigenvalue weighted by molar-refractivity contribution is 9.10. The van der Waals surface area contributed by atoms with Crippen LogP contribution in [0.2, 0.25) is 0 Å². The van der Waals surface area contributed by atoms with Crippen molar-refractivity contribution in [3.05, 3.63) is 34.3 Å². The minimum atomic E-state index is -0.728. The first kappa shape index (κ1) is 12.1. The molecule has 2 rings (SSSR count). The van der Waals surface area contributed by atoms with E-state index < -0.39 is 5.60 Å². The van der Waals surface area contributed by atoms with Crippen LogP contribution >= 0.6 is 15.9 Å². The predicted octanol–water partition coefficient (Wildman–Crippen LogP) is 2.61. The van der Waals surface area contributed by atoms with Crippen molar-refractivity contribution in [1.82, 2.24) is 4.90 Å². The van der Waals surface area contributed by atoms with Gasteiger partial charge < -0.3 is 10.0 Å². The fraction of sp³-hybridized carbons (Fsp3) is 0.538. The van der Waals surface area contributed by atoms with E-state index >= 15 is 0 Å². The second-order valence-electron chi connectivity index (χ2n) is 4.91. The van der Waals surface area contributed by atoms with Gasteiger partial charge in [0.25, 0.3) is 0 Å². The van der Waals surface area contributed by atoms with Gasteiger partial charge in [-0.15, -0.1) is 0 Å². The first-order valence-electron chi connectivity index (χ1n) is 5.67. The zero-order chi connectivity index (χ0) is 11.8. The number of benzene rings is 1. The first-order valence-corrected chi connectivity index (χ1v) is 6.46. The number of halogens is 1. The zero-order valence-corrected chi connectivity index (χ0v) is 11.4. The molecule has 2 unspecified atom stereocenters. The molecule has 1 heterocycles. The maximum absolute atomic E-state index is 10.7.